The van der Waals surface area contributed by atoms with Gasteiger partial charge in [-0.3, -0.25) is 4.79 Å². The van der Waals surface area contributed by atoms with Crippen LogP contribution >= 0.6 is 0 Å². The zero-order valence-electron chi connectivity index (χ0n) is 21.4. The molecule has 0 saturated carbocycles. The van der Waals surface area contributed by atoms with Crippen LogP contribution in [0.2, 0.25) is 0 Å². The average Bonchev–Trinajstić information content (AvgIpc) is 3.40. The smallest absolute Gasteiger partial charge is 0.410 e. The number of aryl methyl sites for hydroxylation is 2. The minimum atomic E-state index is -0.344. The van der Waals surface area contributed by atoms with Crippen molar-refractivity contribution in [2.45, 2.75) is 40.5 Å². The third kappa shape index (κ3) is 5.69. The summed E-state index contributed by atoms with van der Waals surface area (Å²) in [6.45, 7) is 11.3. The lowest BCUT2D eigenvalue weighted by atomic mass is 10.1. The van der Waals surface area contributed by atoms with Gasteiger partial charge in [-0.15, -0.1) is 0 Å². The second kappa shape index (κ2) is 11.3. The fraction of sp³-hybridized carbons (Fsp3) is 0.462. The first-order valence-corrected chi connectivity index (χ1v) is 12.5. The van der Waals surface area contributed by atoms with Crippen molar-refractivity contribution in [3.63, 3.8) is 0 Å². The number of amides is 2. The van der Waals surface area contributed by atoms with E-state index in [-0.39, 0.29) is 24.3 Å². The van der Waals surface area contributed by atoms with Crippen LogP contribution in [-0.4, -0.2) is 71.2 Å². The number of benzene rings is 1. The van der Waals surface area contributed by atoms with E-state index in [0.717, 1.165) is 48.1 Å². The molecule has 1 fully saturated rings. The number of aromatic amines is 1. The molecule has 0 aliphatic carbocycles. The van der Waals surface area contributed by atoms with Gasteiger partial charge in [0.05, 0.1) is 13.1 Å². The maximum atomic E-state index is 13.3. The summed E-state index contributed by atoms with van der Waals surface area (Å²) in [6, 6.07) is 7.33. The van der Waals surface area contributed by atoms with Crippen LogP contribution in [-0.2, 0) is 4.74 Å². The lowest BCUT2D eigenvalue weighted by Gasteiger charge is -2.22. The van der Waals surface area contributed by atoms with Crippen molar-refractivity contribution in [1.29, 1.82) is 0 Å². The highest BCUT2D eigenvalue weighted by Gasteiger charge is 2.22. The van der Waals surface area contributed by atoms with Gasteiger partial charge in [-0.1, -0.05) is 13.8 Å². The maximum Gasteiger partial charge on any atom is 0.410 e. The molecule has 3 aromatic rings. The molecule has 2 N–H and O–H groups in total. The van der Waals surface area contributed by atoms with Crippen LogP contribution in [0, 0.1) is 13.8 Å². The van der Waals surface area contributed by atoms with Gasteiger partial charge in [-0.2, -0.15) is 4.98 Å². The largest absolute Gasteiger partial charge is 0.476 e. The molecule has 1 saturated heterocycles. The summed E-state index contributed by atoms with van der Waals surface area (Å²) in [7, 11) is 0. The van der Waals surface area contributed by atoms with Crippen molar-refractivity contribution in [2.75, 3.05) is 49.6 Å². The first-order chi connectivity index (χ1) is 17.4. The lowest BCUT2D eigenvalue weighted by molar-refractivity contribution is 0.102. The monoisotopic (exact) mass is 494 g/mol. The number of aromatic nitrogens is 3. The Bertz CT molecular complexity index is 1230. The zero-order valence-corrected chi connectivity index (χ0v) is 21.4. The standard InChI is InChI=1S/C26H34N6O4/c1-5-9-31(10-6-2)25-29-22(16-23(30-25)35-13-11-32-12-14-36-26(32)34)24(33)28-19-7-8-21-20(15-19)17(3)18(4)27-21/h7-8,15-16,27H,5-6,9-14H2,1-4H3,(H,28,33). The molecule has 0 radical (unpaired) electrons. The summed E-state index contributed by atoms with van der Waals surface area (Å²) in [5, 5.41) is 4.03. The van der Waals surface area contributed by atoms with Gasteiger partial charge in [0.25, 0.3) is 5.91 Å². The summed E-state index contributed by atoms with van der Waals surface area (Å²) in [6.07, 6.45) is 1.49. The van der Waals surface area contributed by atoms with E-state index in [9.17, 15) is 9.59 Å². The maximum absolute atomic E-state index is 13.3. The van der Waals surface area contributed by atoms with Gasteiger partial charge in [0.1, 0.15) is 18.9 Å². The number of cyclic esters (lactones) is 1. The third-order valence-corrected chi connectivity index (χ3v) is 6.22. The molecular formula is C26H34N6O4. The molecule has 36 heavy (non-hydrogen) atoms. The number of rotatable bonds is 11. The fourth-order valence-electron chi connectivity index (χ4n) is 4.22. The van der Waals surface area contributed by atoms with Crippen molar-refractivity contribution in [3.05, 3.63) is 41.2 Å². The average molecular weight is 495 g/mol. The number of nitrogens with one attached hydrogen (secondary N) is 2. The number of fused-ring (bicyclic) bond motifs is 1. The molecule has 2 amide bonds. The SMILES string of the molecule is CCCN(CCC)c1nc(OCCN2CCOC2=O)cc(C(=O)Nc2ccc3[nH]c(C)c(C)c3c2)n1. The quantitative estimate of drug-likeness (QED) is 0.409. The topological polar surface area (TPSA) is 113 Å². The van der Waals surface area contributed by atoms with Crippen molar-refractivity contribution in [3.8, 4) is 5.88 Å². The predicted octanol–water partition coefficient (Wildman–Crippen LogP) is 4.28. The first-order valence-electron chi connectivity index (χ1n) is 12.5. The van der Waals surface area contributed by atoms with Gasteiger partial charge < -0.3 is 29.6 Å². The van der Waals surface area contributed by atoms with Crippen LogP contribution in [0.1, 0.15) is 48.4 Å². The van der Waals surface area contributed by atoms with E-state index in [1.54, 1.807) is 11.0 Å². The van der Waals surface area contributed by atoms with Gasteiger partial charge in [0.2, 0.25) is 11.8 Å². The molecule has 0 spiro atoms. The second-order valence-electron chi connectivity index (χ2n) is 8.92. The number of hydrogen-bond donors (Lipinski definition) is 2. The Morgan fingerprint density at radius 1 is 1.19 bits per heavy atom. The van der Waals surface area contributed by atoms with E-state index in [2.05, 4.69) is 45.9 Å². The summed E-state index contributed by atoms with van der Waals surface area (Å²) < 4.78 is 10.8. The van der Waals surface area contributed by atoms with E-state index in [0.29, 0.717) is 37.2 Å². The van der Waals surface area contributed by atoms with Crippen molar-refractivity contribution in [2.24, 2.45) is 0 Å². The Morgan fingerprint density at radius 2 is 1.97 bits per heavy atom. The molecule has 0 atom stereocenters. The normalized spacial score (nSPS) is 13.2. The molecule has 1 aromatic carbocycles. The highest BCUT2D eigenvalue weighted by Crippen LogP contribution is 2.25. The number of anilines is 2. The second-order valence-corrected chi connectivity index (χ2v) is 8.92. The minimum absolute atomic E-state index is 0.217. The van der Waals surface area contributed by atoms with E-state index in [1.165, 1.54) is 0 Å². The van der Waals surface area contributed by atoms with Crippen LogP contribution in [0.4, 0.5) is 16.4 Å². The van der Waals surface area contributed by atoms with Gasteiger partial charge in [-0.25, -0.2) is 9.78 Å². The molecule has 0 unspecified atom stereocenters. The molecule has 1 aliphatic heterocycles. The van der Waals surface area contributed by atoms with E-state index in [4.69, 9.17) is 9.47 Å². The Kier molecular flexibility index (Phi) is 7.92. The van der Waals surface area contributed by atoms with Crippen molar-refractivity contribution in [1.82, 2.24) is 19.9 Å². The molecule has 4 rings (SSSR count). The van der Waals surface area contributed by atoms with Crippen LogP contribution in [0.25, 0.3) is 10.9 Å². The highest BCUT2D eigenvalue weighted by molar-refractivity contribution is 6.04. The van der Waals surface area contributed by atoms with Crippen LogP contribution in [0.3, 0.4) is 0 Å². The van der Waals surface area contributed by atoms with Crippen LogP contribution < -0.4 is 15.0 Å². The lowest BCUT2D eigenvalue weighted by Crippen LogP contribution is -2.30. The van der Waals surface area contributed by atoms with Gasteiger partial charge in [0, 0.05) is 41.4 Å². The number of carbonyl (C=O) groups is 2. The molecule has 0 bridgehead atoms. The Hall–Kier alpha value is -3.82. The molecule has 10 nitrogen and oxygen atoms in total. The summed E-state index contributed by atoms with van der Waals surface area (Å²) >= 11 is 0. The fourth-order valence-corrected chi connectivity index (χ4v) is 4.22. The summed E-state index contributed by atoms with van der Waals surface area (Å²) in [5.74, 6) is 0.404. The summed E-state index contributed by atoms with van der Waals surface area (Å²) in [5.41, 5.74) is 4.18. The highest BCUT2D eigenvalue weighted by atomic mass is 16.6. The van der Waals surface area contributed by atoms with Crippen molar-refractivity contribution >= 4 is 34.5 Å². The molecule has 192 valence electrons. The molecule has 3 heterocycles. The van der Waals surface area contributed by atoms with E-state index >= 15 is 0 Å². The third-order valence-electron chi connectivity index (χ3n) is 6.22. The molecule has 10 heteroatoms. The number of hydrogen-bond acceptors (Lipinski definition) is 7. The zero-order chi connectivity index (χ0) is 25.7. The predicted molar refractivity (Wildman–Crippen MR) is 139 cm³/mol. The number of H-pyrrole nitrogens is 1. The Labute approximate surface area is 211 Å². The number of nitrogens with zero attached hydrogens (tertiary/aromatic N) is 4. The van der Waals surface area contributed by atoms with Gasteiger partial charge in [0.15, 0.2) is 0 Å². The van der Waals surface area contributed by atoms with Crippen LogP contribution in [0.15, 0.2) is 24.3 Å². The first kappa shape index (κ1) is 25.3. The number of carbonyl (C=O) groups excluding carboxylic acids is 2. The minimum Gasteiger partial charge on any atom is -0.476 e. The Morgan fingerprint density at radius 3 is 2.67 bits per heavy atom. The molecule has 2 aromatic heterocycles. The van der Waals surface area contributed by atoms with Crippen LogP contribution in [0.5, 0.6) is 5.88 Å². The van der Waals surface area contributed by atoms with Gasteiger partial charge in [-0.05, 0) is 50.5 Å². The van der Waals surface area contributed by atoms with E-state index < -0.39 is 0 Å². The Balaban J connectivity index is 1.56. The molecular weight excluding hydrogens is 460 g/mol. The van der Waals surface area contributed by atoms with Crippen molar-refractivity contribution < 1.29 is 19.1 Å². The summed E-state index contributed by atoms with van der Waals surface area (Å²) in [4.78, 5) is 41.1. The number of ether oxygens (including phenoxy) is 2. The molecule has 1 aliphatic rings. The van der Waals surface area contributed by atoms with Gasteiger partial charge >= 0.3 is 6.09 Å². The van der Waals surface area contributed by atoms with E-state index in [1.807, 2.05) is 25.1 Å².